The SMILES string of the molecule is COC(=O)C[C@@H]1CCCN1C1CC2CNCC2C1. The third-order valence-corrected chi connectivity index (χ3v) is 5.15. The monoisotopic (exact) mass is 252 g/mol. The van der Waals surface area contributed by atoms with E-state index in [1.807, 2.05) is 0 Å². The average molecular weight is 252 g/mol. The summed E-state index contributed by atoms with van der Waals surface area (Å²) < 4.78 is 4.82. The van der Waals surface area contributed by atoms with E-state index >= 15 is 0 Å². The van der Waals surface area contributed by atoms with Gasteiger partial charge in [-0.1, -0.05) is 0 Å². The molecule has 18 heavy (non-hydrogen) atoms. The molecule has 2 unspecified atom stereocenters. The van der Waals surface area contributed by atoms with Crippen LogP contribution in [0.2, 0.25) is 0 Å². The molecule has 0 radical (unpaired) electrons. The van der Waals surface area contributed by atoms with Crippen molar-refractivity contribution in [2.75, 3.05) is 26.7 Å². The van der Waals surface area contributed by atoms with Crippen molar-refractivity contribution < 1.29 is 9.53 Å². The average Bonchev–Trinajstić information content (AvgIpc) is 3.01. The van der Waals surface area contributed by atoms with Crippen molar-refractivity contribution in [3.63, 3.8) is 0 Å². The molecule has 1 aliphatic carbocycles. The summed E-state index contributed by atoms with van der Waals surface area (Å²) >= 11 is 0. The maximum atomic E-state index is 11.5. The number of carbonyl (C=O) groups is 1. The minimum Gasteiger partial charge on any atom is -0.469 e. The molecule has 1 N–H and O–H groups in total. The van der Waals surface area contributed by atoms with Crippen LogP contribution < -0.4 is 5.32 Å². The second kappa shape index (κ2) is 5.17. The van der Waals surface area contributed by atoms with Gasteiger partial charge >= 0.3 is 5.97 Å². The zero-order valence-electron chi connectivity index (χ0n) is 11.2. The molecule has 4 nitrogen and oxygen atoms in total. The lowest BCUT2D eigenvalue weighted by molar-refractivity contribution is -0.142. The summed E-state index contributed by atoms with van der Waals surface area (Å²) in [6, 6.07) is 1.16. The molecule has 2 heterocycles. The number of nitrogens with zero attached hydrogens (tertiary/aromatic N) is 1. The molecule has 3 rings (SSSR count). The van der Waals surface area contributed by atoms with E-state index in [2.05, 4.69) is 10.2 Å². The molecule has 0 aromatic heterocycles. The van der Waals surface area contributed by atoms with Gasteiger partial charge in [-0.2, -0.15) is 0 Å². The fourth-order valence-electron chi connectivity index (χ4n) is 4.24. The van der Waals surface area contributed by atoms with Crippen LogP contribution in [-0.2, 0) is 9.53 Å². The molecule has 1 saturated carbocycles. The fraction of sp³-hybridized carbons (Fsp3) is 0.929. The lowest BCUT2D eigenvalue weighted by Gasteiger charge is -2.30. The van der Waals surface area contributed by atoms with Crippen LogP contribution in [0, 0.1) is 11.8 Å². The summed E-state index contributed by atoms with van der Waals surface area (Å²) in [7, 11) is 1.49. The number of methoxy groups -OCH3 is 1. The van der Waals surface area contributed by atoms with Crippen molar-refractivity contribution >= 4 is 5.97 Å². The Balaban J connectivity index is 1.59. The van der Waals surface area contributed by atoms with Gasteiger partial charge in [-0.05, 0) is 57.2 Å². The second-order valence-corrected chi connectivity index (χ2v) is 6.12. The van der Waals surface area contributed by atoms with Gasteiger partial charge in [0.25, 0.3) is 0 Å². The van der Waals surface area contributed by atoms with E-state index in [1.54, 1.807) is 0 Å². The summed E-state index contributed by atoms with van der Waals surface area (Å²) in [6.45, 7) is 3.59. The van der Waals surface area contributed by atoms with Gasteiger partial charge < -0.3 is 10.1 Å². The molecule has 3 aliphatic rings. The standard InChI is InChI=1S/C14H24N2O2/c1-18-14(17)7-12-3-2-4-16(12)13-5-10-8-15-9-11(10)6-13/h10-13,15H,2-9H2,1H3/t10?,11?,12-,13?/m0/s1. The summed E-state index contributed by atoms with van der Waals surface area (Å²) in [5, 5.41) is 3.50. The molecule has 3 fully saturated rings. The topological polar surface area (TPSA) is 41.6 Å². The summed E-state index contributed by atoms with van der Waals surface area (Å²) in [6.07, 6.45) is 5.65. The maximum Gasteiger partial charge on any atom is 0.307 e. The molecule has 0 spiro atoms. The van der Waals surface area contributed by atoms with Crippen molar-refractivity contribution in [1.29, 1.82) is 0 Å². The van der Waals surface area contributed by atoms with Crippen LogP contribution in [0.3, 0.4) is 0 Å². The van der Waals surface area contributed by atoms with Gasteiger partial charge in [0, 0.05) is 12.1 Å². The lowest BCUT2D eigenvalue weighted by atomic mass is 10.0. The quantitative estimate of drug-likeness (QED) is 0.761. The van der Waals surface area contributed by atoms with Crippen molar-refractivity contribution in [2.45, 2.75) is 44.2 Å². The summed E-state index contributed by atoms with van der Waals surface area (Å²) in [5.41, 5.74) is 0. The Kier molecular flexibility index (Phi) is 3.57. The largest absolute Gasteiger partial charge is 0.469 e. The van der Waals surface area contributed by atoms with Gasteiger partial charge in [-0.25, -0.2) is 0 Å². The highest BCUT2D eigenvalue weighted by Crippen LogP contribution is 2.39. The predicted molar refractivity (Wildman–Crippen MR) is 69.2 cm³/mol. The normalized spacial score (nSPS) is 40.1. The number of ether oxygens (including phenoxy) is 1. The minimum atomic E-state index is -0.0493. The predicted octanol–water partition coefficient (Wildman–Crippen LogP) is 1.01. The second-order valence-electron chi connectivity index (χ2n) is 6.12. The zero-order valence-corrected chi connectivity index (χ0v) is 11.2. The molecule has 2 aliphatic heterocycles. The van der Waals surface area contributed by atoms with Crippen molar-refractivity contribution in [2.24, 2.45) is 11.8 Å². The van der Waals surface area contributed by atoms with Crippen LogP contribution in [0.15, 0.2) is 0 Å². The zero-order chi connectivity index (χ0) is 12.5. The van der Waals surface area contributed by atoms with Gasteiger partial charge in [0.2, 0.25) is 0 Å². The van der Waals surface area contributed by atoms with E-state index in [0.29, 0.717) is 12.5 Å². The number of esters is 1. The Morgan fingerprint density at radius 1 is 1.33 bits per heavy atom. The van der Waals surface area contributed by atoms with Gasteiger partial charge in [-0.15, -0.1) is 0 Å². The number of fused-ring (bicyclic) bond motifs is 1. The van der Waals surface area contributed by atoms with Crippen LogP contribution in [0.1, 0.15) is 32.1 Å². The summed E-state index contributed by atoms with van der Waals surface area (Å²) in [4.78, 5) is 14.1. The number of nitrogens with one attached hydrogen (secondary N) is 1. The van der Waals surface area contributed by atoms with Crippen LogP contribution in [0.4, 0.5) is 0 Å². The molecule has 0 aromatic rings. The van der Waals surface area contributed by atoms with Crippen molar-refractivity contribution in [3.8, 4) is 0 Å². The van der Waals surface area contributed by atoms with E-state index in [-0.39, 0.29) is 5.97 Å². The van der Waals surface area contributed by atoms with Gasteiger partial charge in [0.1, 0.15) is 0 Å². The molecular formula is C14H24N2O2. The Hall–Kier alpha value is -0.610. The smallest absolute Gasteiger partial charge is 0.307 e. The van der Waals surface area contributed by atoms with Crippen molar-refractivity contribution in [1.82, 2.24) is 10.2 Å². The number of hydrogen-bond donors (Lipinski definition) is 1. The Morgan fingerprint density at radius 2 is 2.06 bits per heavy atom. The first-order valence-corrected chi connectivity index (χ1v) is 7.31. The van der Waals surface area contributed by atoms with E-state index in [4.69, 9.17) is 4.74 Å². The first-order valence-electron chi connectivity index (χ1n) is 7.31. The first kappa shape index (κ1) is 12.4. The molecule has 2 saturated heterocycles. The van der Waals surface area contributed by atoms with Crippen LogP contribution in [0.25, 0.3) is 0 Å². The molecule has 102 valence electrons. The number of rotatable bonds is 3. The van der Waals surface area contributed by atoms with Crippen molar-refractivity contribution in [3.05, 3.63) is 0 Å². The molecular weight excluding hydrogens is 228 g/mol. The highest BCUT2D eigenvalue weighted by Gasteiger charge is 2.42. The third kappa shape index (κ3) is 2.28. The summed E-state index contributed by atoms with van der Waals surface area (Å²) in [5.74, 6) is 1.72. The lowest BCUT2D eigenvalue weighted by Crippen LogP contribution is -2.39. The molecule has 3 atom stereocenters. The molecule has 4 heteroatoms. The Morgan fingerprint density at radius 3 is 2.72 bits per heavy atom. The highest BCUT2D eigenvalue weighted by atomic mass is 16.5. The highest BCUT2D eigenvalue weighted by molar-refractivity contribution is 5.69. The van der Waals surface area contributed by atoms with E-state index in [1.165, 1.54) is 52.4 Å². The van der Waals surface area contributed by atoms with Crippen LogP contribution in [0.5, 0.6) is 0 Å². The number of likely N-dealkylation sites (tertiary alicyclic amines) is 1. The van der Waals surface area contributed by atoms with E-state index in [0.717, 1.165) is 17.9 Å². The molecule has 0 bridgehead atoms. The number of hydrogen-bond acceptors (Lipinski definition) is 4. The van der Waals surface area contributed by atoms with Crippen LogP contribution >= 0.6 is 0 Å². The first-order chi connectivity index (χ1) is 8.78. The Labute approximate surface area is 109 Å². The van der Waals surface area contributed by atoms with E-state index in [9.17, 15) is 4.79 Å². The maximum absolute atomic E-state index is 11.5. The Bertz CT molecular complexity index is 309. The molecule has 0 amide bonds. The minimum absolute atomic E-state index is 0.0493. The fourth-order valence-corrected chi connectivity index (χ4v) is 4.24. The number of carbonyl (C=O) groups excluding carboxylic acids is 1. The van der Waals surface area contributed by atoms with Gasteiger partial charge in [0.05, 0.1) is 13.5 Å². The van der Waals surface area contributed by atoms with Gasteiger partial charge in [-0.3, -0.25) is 9.69 Å². The van der Waals surface area contributed by atoms with E-state index < -0.39 is 0 Å². The molecule has 0 aromatic carbocycles. The van der Waals surface area contributed by atoms with Crippen LogP contribution in [-0.4, -0.2) is 49.7 Å². The van der Waals surface area contributed by atoms with Gasteiger partial charge in [0.15, 0.2) is 0 Å². The third-order valence-electron chi connectivity index (χ3n) is 5.15.